The van der Waals surface area contributed by atoms with Gasteiger partial charge in [-0.15, -0.1) is 5.10 Å². The summed E-state index contributed by atoms with van der Waals surface area (Å²) in [4.78, 5) is 13.8. The average Bonchev–Trinajstić information content (AvgIpc) is 2.38. The quantitative estimate of drug-likeness (QED) is 0.725. The number of hydrogen-bond acceptors (Lipinski definition) is 5. The van der Waals surface area contributed by atoms with E-state index in [-0.39, 0.29) is 17.4 Å². The van der Waals surface area contributed by atoms with Crippen LogP contribution in [0.25, 0.3) is 0 Å². The van der Waals surface area contributed by atoms with Crippen molar-refractivity contribution < 1.29 is 4.79 Å². The highest BCUT2D eigenvalue weighted by Crippen LogP contribution is 2.09. The fourth-order valence-corrected chi connectivity index (χ4v) is 1.67. The minimum Gasteiger partial charge on any atom is -0.389 e. The van der Waals surface area contributed by atoms with Crippen molar-refractivity contribution in [2.75, 3.05) is 25.0 Å². The minimum absolute atomic E-state index is 0.000423. The molecule has 0 fully saturated rings. The van der Waals surface area contributed by atoms with Crippen LogP contribution in [0.2, 0.25) is 0 Å². The molecule has 1 amide bonds. The van der Waals surface area contributed by atoms with Crippen molar-refractivity contribution in [1.82, 2.24) is 15.1 Å². The lowest BCUT2D eigenvalue weighted by molar-refractivity contribution is -0.128. The Balaban J connectivity index is 2.69. The fraction of sp³-hybridized carbons (Fsp3) is 0.455. The number of likely N-dealkylation sites (N-methyl/N-ethyl adjacent to an activating group) is 1. The molecular formula is C11H17N5OS. The normalized spacial score (nSPS) is 9.89. The Bertz CT molecular complexity index is 433. The summed E-state index contributed by atoms with van der Waals surface area (Å²) >= 11 is 4.90. The zero-order valence-corrected chi connectivity index (χ0v) is 11.3. The van der Waals surface area contributed by atoms with E-state index < -0.39 is 0 Å². The average molecular weight is 267 g/mol. The Labute approximate surface area is 112 Å². The zero-order valence-electron chi connectivity index (χ0n) is 10.5. The number of nitrogens with two attached hydrogens (primary N) is 1. The summed E-state index contributed by atoms with van der Waals surface area (Å²) in [5.74, 6) is 0.435. The summed E-state index contributed by atoms with van der Waals surface area (Å²) < 4.78 is 0. The molecule has 1 aromatic rings. The first kappa shape index (κ1) is 14.3. The molecule has 18 heavy (non-hydrogen) atoms. The van der Waals surface area contributed by atoms with E-state index in [9.17, 15) is 4.79 Å². The highest BCUT2D eigenvalue weighted by atomic mass is 32.1. The molecule has 1 rings (SSSR count). The second-order valence-corrected chi connectivity index (χ2v) is 4.02. The molecule has 0 aliphatic heterocycles. The number of hydrogen-bond donors (Lipinski definition) is 2. The molecular weight excluding hydrogens is 250 g/mol. The van der Waals surface area contributed by atoms with Gasteiger partial charge in [-0.25, -0.2) is 0 Å². The van der Waals surface area contributed by atoms with Crippen molar-refractivity contribution in [2.45, 2.75) is 13.8 Å². The van der Waals surface area contributed by atoms with Crippen LogP contribution in [0.5, 0.6) is 0 Å². The van der Waals surface area contributed by atoms with Crippen molar-refractivity contribution in [3.63, 3.8) is 0 Å². The smallest absolute Gasteiger partial charge is 0.241 e. The van der Waals surface area contributed by atoms with E-state index in [1.807, 2.05) is 13.8 Å². The van der Waals surface area contributed by atoms with Crippen molar-refractivity contribution >= 4 is 28.9 Å². The lowest BCUT2D eigenvalue weighted by Gasteiger charge is -2.19. The molecule has 0 aliphatic carbocycles. The van der Waals surface area contributed by atoms with Gasteiger partial charge in [0.1, 0.15) is 4.99 Å². The molecule has 0 saturated heterocycles. The maximum Gasteiger partial charge on any atom is 0.241 e. The predicted molar refractivity (Wildman–Crippen MR) is 74.3 cm³/mol. The lowest BCUT2D eigenvalue weighted by Crippen LogP contribution is -2.35. The van der Waals surface area contributed by atoms with Crippen molar-refractivity contribution in [1.29, 1.82) is 0 Å². The Hall–Kier alpha value is -1.76. The van der Waals surface area contributed by atoms with Crippen molar-refractivity contribution in [3.8, 4) is 0 Å². The van der Waals surface area contributed by atoms with E-state index in [2.05, 4.69) is 15.5 Å². The molecule has 1 heterocycles. The van der Waals surface area contributed by atoms with Crippen LogP contribution in [0.4, 0.5) is 5.82 Å². The van der Waals surface area contributed by atoms with Gasteiger partial charge >= 0.3 is 0 Å². The van der Waals surface area contributed by atoms with Gasteiger partial charge in [-0.1, -0.05) is 12.2 Å². The standard InChI is InChI=1S/C11H17N5OS/c1-3-16(4-2)9(17)7-13-11-8(10(12)18)5-6-14-15-11/h5-6H,3-4,7H2,1-2H3,(H2,12,18)(H,13,15). The van der Waals surface area contributed by atoms with Crippen LogP contribution in [-0.2, 0) is 4.79 Å². The van der Waals surface area contributed by atoms with Gasteiger partial charge in [-0.2, -0.15) is 5.10 Å². The van der Waals surface area contributed by atoms with E-state index in [0.29, 0.717) is 24.5 Å². The number of nitrogens with one attached hydrogen (secondary N) is 1. The first-order chi connectivity index (χ1) is 8.60. The molecule has 3 N–H and O–H groups in total. The molecule has 0 aromatic carbocycles. The summed E-state index contributed by atoms with van der Waals surface area (Å²) in [5.41, 5.74) is 6.15. The number of anilines is 1. The monoisotopic (exact) mass is 267 g/mol. The summed E-state index contributed by atoms with van der Waals surface area (Å²) in [7, 11) is 0. The minimum atomic E-state index is -0.000423. The lowest BCUT2D eigenvalue weighted by atomic mass is 10.3. The molecule has 1 aromatic heterocycles. The highest BCUT2D eigenvalue weighted by Gasteiger charge is 2.11. The van der Waals surface area contributed by atoms with E-state index >= 15 is 0 Å². The first-order valence-electron chi connectivity index (χ1n) is 5.73. The predicted octanol–water partition coefficient (Wildman–Crippen LogP) is 0.391. The van der Waals surface area contributed by atoms with Crippen LogP contribution in [0.3, 0.4) is 0 Å². The molecule has 0 saturated carbocycles. The molecule has 7 heteroatoms. The van der Waals surface area contributed by atoms with E-state index in [0.717, 1.165) is 0 Å². The van der Waals surface area contributed by atoms with Crippen LogP contribution in [0.15, 0.2) is 12.3 Å². The van der Waals surface area contributed by atoms with Crippen LogP contribution in [0, 0.1) is 0 Å². The van der Waals surface area contributed by atoms with E-state index in [1.54, 1.807) is 11.0 Å². The molecule has 0 atom stereocenters. The van der Waals surface area contributed by atoms with Crippen molar-refractivity contribution in [2.24, 2.45) is 5.73 Å². The first-order valence-corrected chi connectivity index (χ1v) is 6.14. The highest BCUT2D eigenvalue weighted by molar-refractivity contribution is 7.80. The number of carbonyl (C=O) groups excluding carboxylic acids is 1. The summed E-state index contributed by atoms with van der Waals surface area (Å²) in [6, 6.07) is 1.67. The Morgan fingerprint density at radius 1 is 1.50 bits per heavy atom. The largest absolute Gasteiger partial charge is 0.389 e. The SMILES string of the molecule is CCN(CC)C(=O)CNc1nnccc1C(N)=S. The van der Waals surface area contributed by atoms with Crippen molar-refractivity contribution in [3.05, 3.63) is 17.8 Å². The van der Waals surface area contributed by atoms with E-state index in [1.165, 1.54) is 6.20 Å². The molecule has 0 bridgehead atoms. The van der Waals surface area contributed by atoms with Crippen LogP contribution in [0.1, 0.15) is 19.4 Å². The second-order valence-electron chi connectivity index (χ2n) is 3.58. The van der Waals surface area contributed by atoms with Gasteiger partial charge in [0.2, 0.25) is 5.91 Å². The summed E-state index contributed by atoms with van der Waals surface area (Å²) in [6.45, 7) is 5.38. The Morgan fingerprint density at radius 2 is 2.17 bits per heavy atom. The Morgan fingerprint density at radius 3 is 2.72 bits per heavy atom. The van der Waals surface area contributed by atoms with Crippen LogP contribution < -0.4 is 11.1 Å². The molecule has 6 nitrogen and oxygen atoms in total. The topological polar surface area (TPSA) is 84.1 Å². The van der Waals surface area contributed by atoms with Crippen LogP contribution in [-0.4, -0.2) is 45.6 Å². The third-order valence-electron chi connectivity index (χ3n) is 2.51. The number of nitrogens with zero attached hydrogens (tertiary/aromatic N) is 3. The van der Waals surface area contributed by atoms with Gasteiger partial charge in [0.25, 0.3) is 0 Å². The van der Waals surface area contributed by atoms with Gasteiger partial charge in [-0.05, 0) is 19.9 Å². The molecule has 0 unspecified atom stereocenters. The zero-order chi connectivity index (χ0) is 13.5. The number of carbonyl (C=O) groups is 1. The number of amides is 1. The van der Waals surface area contributed by atoms with Gasteiger partial charge < -0.3 is 16.0 Å². The Kier molecular flexibility index (Phi) is 5.44. The molecule has 0 spiro atoms. The van der Waals surface area contributed by atoms with Gasteiger partial charge in [0, 0.05) is 13.1 Å². The van der Waals surface area contributed by atoms with Gasteiger partial charge in [0.05, 0.1) is 18.3 Å². The summed E-state index contributed by atoms with van der Waals surface area (Å²) in [5, 5.41) is 10.5. The number of thiocarbonyl (C=S) groups is 1. The second kappa shape index (κ2) is 6.85. The maximum absolute atomic E-state index is 11.8. The molecule has 98 valence electrons. The molecule has 0 radical (unpaired) electrons. The fourth-order valence-electron chi connectivity index (χ4n) is 1.51. The van der Waals surface area contributed by atoms with E-state index in [4.69, 9.17) is 18.0 Å². The van der Waals surface area contributed by atoms with Crippen LogP contribution >= 0.6 is 12.2 Å². The third-order valence-corrected chi connectivity index (χ3v) is 2.73. The maximum atomic E-state index is 11.8. The summed E-state index contributed by atoms with van der Waals surface area (Å²) in [6.07, 6.45) is 1.51. The van der Waals surface area contributed by atoms with Gasteiger partial charge in [-0.3, -0.25) is 4.79 Å². The number of rotatable bonds is 6. The van der Waals surface area contributed by atoms with Gasteiger partial charge in [0.15, 0.2) is 5.82 Å². The number of aromatic nitrogens is 2. The molecule has 0 aliphatic rings. The third kappa shape index (κ3) is 3.63.